The molecule has 0 saturated carbocycles. The smallest absolute Gasteiger partial charge is 0.233 e. The van der Waals surface area contributed by atoms with E-state index in [-0.39, 0.29) is 18.3 Å². The molecule has 6 nitrogen and oxygen atoms in total. The van der Waals surface area contributed by atoms with Crippen molar-refractivity contribution in [1.29, 1.82) is 0 Å². The highest BCUT2D eigenvalue weighted by Crippen LogP contribution is 2.09. The Bertz CT molecular complexity index is 271. The number of likely N-dealkylation sites (N-methyl/N-ethyl adjacent to an activating group) is 1. The Morgan fingerprint density at radius 3 is 2.38 bits per heavy atom. The maximum atomic E-state index is 11.9. The van der Waals surface area contributed by atoms with Gasteiger partial charge < -0.3 is 20.9 Å². The van der Waals surface area contributed by atoms with Crippen molar-refractivity contribution < 1.29 is 15.1 Å². The summed E-state index contributed by atoms with van der Waals surface area (Å²) in [7, 11) is 0. The van der Waals surface area contributed by atoms with Gasteiger partial charge in [0.25, 0.3) is 0 Å². The fourth-order valence-corrected chi connectivity index (χ4v) is 1.30. The van der Waals surface area contributed by atoms with E-state index in [1.807, 2.05) is 6.92 Å². The summed E-state index contributed by atoms with van der Waals surface area (Å²) in [4.78, 5) is 13.4. The van der Waals surface area contributed by atoms with E-state index in [4.69, 9.17) is 10.9 Å². The molecule has 0 aliphatic carbocycles. The molecule has 6 heteroatoms. The van der Waals surface area contributed by atoms with E-state index in [1.165, 1.54) is 4.90 Å². The number of amidine groups is 1. The van der Waals surface area contributed by atoms with Crippen LogP contribution >= 0.6 is 0 Å². The minimum Gasteiger partial charge on any atom is -0.409 e. The van der Waals surface area contributed by atoms with Crippen LogP contribution in [-0.4, -0.2) is 45.6 Å². The molecule has 0 rings (SSSR count). The number of hydrogen-bond acceptors (Lipinski definition) is 4. The van der Waals surface area contributed by atoms with E-state index in [2.05, 4.69) is 5.16 Å². The van der Waals surface area contributed by atoms with Crippen LogP contribution < -0.4 is 5.73 Å². The summed E-state index contributed by atoms with van der Waals surface area (Å²) in [5.74, 6) is -1.08. The average Bonchev–Trinajstić information content (AvgIpc) is 2.21. The summed E-state index contributed by atoms with van der Waals surface area (Å²) in [5, 5.41) is 20.9. The first-order chi connectivity index (χ1) is 7.22. The van der Waals surface area contributed by atoms with Gasteiger partial charge in [0.1, 0.15) is 0 Å². The molecule has 1 amide bonds. The van der Waals surface area contributed by atoms with E-state index in [9.17, 15) is 9.90 Å². The van der Waals surface area contributed by atoms with Crippen molar-refractivity contribution >= 4 is 11.7 Å². The Balaban J connectivity index is 4.66. The molecule has 1 atom stereocenters. The predicted molar refractivity (Wildman–Crippen MR) is 61.1 cm³/mol. The number of nitrogens with two attached hydrogens (primary N) is 1. The average molecular weight is 231 g/mol. The van der Waals surface area contributed by atoms with E-state index < -0.39 is 11.5 Å². The lowest BCUT2D eigenvalue weighted by Gasteiger charge is -2.29. The van der Waals surface area contributed by atoms with Gasteiger partial charge in [-0.05, 0) is 27.7 Å². The number of rotatable bonds is 5. The second-order valence-corrected chi connectivity index (χ2v) is 4.41. The normalized spacial score (nSPS) is 14.7. The Labute approximate surface area is 95.7 Å². The molecule has 0 aromatic heterocycles. The monoisotopic (exact) mass is 231 g/mol. The number of amides is 1. The summed E-state index contributed by atoms with van der Waals surface area (Å²) in [6.45, 7) is 7.29. The molecule has 0 radical (unpaired) electrons. The summed E-state index contributed by atoms with van der Waals surface area (Å²) in [6.07, 6.45) is 0. The lowest BCUT2D eigenvalue weighted by atomic mass is 10.1. The van der Waals surface area contributed by atoms with Gasteiger partial charge in [-0.25, -0.2) is 0 Å². The third kappa shape index (κ3) is 4.48. The van der Waals surface area contributed by atoms with Crippen LogP contribution in [0.2, 0.25) is 0 Å². The molecular weight excluding hydrogens is 210 g/mol. The van der Waals surface area contributed by atoms with E-state index in [0.29, 0.717) is 6.54 Å². The summed E-state index contributed by atoms with van der Waals surface area (Å²) < 4.78 is 0. The maximum absolute atomic E-state index is 11.9. The molecule has 0 fully saturated rings. The molecule has 0 bridgehead atoms. The summed E-state index contributed by atoms with van der Waals surface area (Å²) in [6, 6.07) is 0. The van der Waals surface area contributed by atoms with Crippen LogP contribution in [0.4, 0.5) is 0 Å². The first-order valence-corrected chi connectivity index (χ1v) is 5.21. The van der Waals surface area contributed by atoms with E-state index in [1.54, 1.807) is 20.8 Å². The molecule has 4 N–H and O–H groups in total. The molecule has 0 spiro atoms. The Kier molecular flexibility index (Phi) is 5.23. The van der Waals surface area contributed by atoms with Crippen LogP contribution in [0.1, 0.15) is 27.7 Å². The van der Waals surface area contributed by atoms with Crippen LogP contribution in [0, 0.1) is 5.92 Å². The second kappa shape index (κ2) is 5.69. The van der Waals surface area contributed by atoms with Crippen LogP contribution in [-0.2, 0) is 4.79 Å². The van der Waals surface area contributed by atoms with Gasteiger partial charge in [-0.2, -0.15) is 0 Å². The topological polar surface area (TPSA) is 99.2 Å². The van der Waals surface area contributed by atoms with Gasteiger partial charge in [0, 0.05) is 13.1 Å². The van der Waals surface area contributed by atoms with E-state index >= 15 is 0 Å². The minimum atomic E-state index is -0.962. The number of carbonyl (C=O) groups excluding carboxylic acids is 1. The Hall–Kier alpha value is -1.30. The van der Waals surface area contributed by atoms with Crippen molar-refractivity contribution in [1.82, 2.24) is 4.90 Å². The standard InChI is InChI=1S/C10H21N3O3/c1-5-13(6-10(3,4)15)9(14)7(2)8(11)12-16/h7,15-16H,5-6H2,1-4H3,(H2,11,12). The van der Waals surface area contributed by atoms with Crippen LogP contribution in [0.15, 0.2) is 5.16 Å². The highest BCUT2D eigenvalue weighted by molar-refractivity contribution is 6.01. The molecule has 16 heavy (non-hydrogen) atoms. The molecule has 0 aliphatic heterocycles. The quantitative estimate of drug-likeness (QED) is 0.268. The van der Waals surface area contributed by atoms with Crippen molar-refractivity contribution in [2.24, 2.45) is 16.8 Å². The lowest BCUT2D eigenvalue weighted by Crippen LogP contribution is -2.46. The largest absolute Gasteiger partial charge is 0.409 e. The highest BCUT2D eigenvalue weighted by Gasteiger charge is 2.26. The van der Waals surface area contributed by atoms with Crippen molar-refractivity contribution in [2.45, 2.75) is 33.3 Å². The third-order valence-corrected chi connectivity index (χ3v) is 2.20. The van der Waals surface area contributed by atoms with Gasteiger partial charge in [-0.1, -0.05) is 5.16 Å². The van der Waals surface area contributed by atoms with Gasteiger partial charge >= 0.3 is 0 Å². The Morgan fingerprint density at radius 2 is 2.06 bits per heavy atom. The van der Waals surface area contributed by atoms with Gasteiger partial charge in [0.05, 0.1) is 11.5 Å². The van der Waals surface area contributed by atoms with E-state index in [0.717, 1.165) is 0 Å². The highest BCUT2D eigenvalue weighted by atomic mass is 16.4. The summed E-state index contributed by atoms with van der Waals surface area (Å²) >= 11 is 0. The molecular formula is C10H21N3O3. The second-order valence-electron chi connectivity index (χ2n) is 4.41. The Morgan fingerprint density at radius 1 is 1.56 bits per heavy atom. The van der Waals surface area contributed by atoms with Crippen molar-refractivity contribution in [2.75, 3.05) is 13.1 Å². The van der Waals surface area contributed by atoms with Gasteiger partial charge in [0.2, 0.25) is 5.91 Å². The molecule has 0 heterocycles. The molecule has 94 valence electrons. The predicted octanol–water partition coefficient (Wildman–Crippen LogP) is -0.0117. The molecule has 0 saturated heterocycles. The zero-order valence-electron chi connectivity index (χ0n) is 10.3. The van der Waals surface area contributed by atoms with Gasteiger partial charge in [-0.15, -0.1) is 0 Å². The third-order valence-electron chi connectivity index (χ3n) is 2.20. The zero-order chi connectivity index (χ0) is 12.9. The first-order valence-electron chi connectivity index (χ1n) is 5.21. The van der Waals surface area contributed by atoms with Crippen molar-refractivity contribution in [3.8, 4) is 0 Å². The van der Waals surface area contributed by atoms with Crippen LogP contribution in [0.5, 0.6) is 0 Å². The fraction of sp³-hybridized carbons (Fsp3) is 0.800. The van der Waals surface area contributed by atoms with Crippen molar-refractivity contribution in [3.05, 3.63) is 0 Å². The molecule has 0 aliphatic rings. The number of hydrogen-bond donors (Lipinski definition) is 3. The van der Waals surface area contributed by atoms with Crippen LogP contribution in [0.3, 0.4) is 0 Å². The fourth-order valence-electron chi connectivity index (χ4n) is 1.30. The van der Waals surface area contributed by atoms with Gasteiger partial charge in [0.15, 0.2) is 5.84 Å². The molecule has 0 aromatic rings. The van der Waals surface area contributed by atoms with Crippen LogP contribution in [0.25, 0.3) is 0 Å². The number of carbonyl (C=O) groups is 1. The molecule has 1 unspecified atom stereocenters. The number of aliphatic hydroxyl groups is 1. The van der Waals surface area contributed by atoms with Crippen molar-refractivity contribution in [3.63, 3.8) is 0 Å². The zero-order valence-corrected chi connectivity index (χ0v) is 10.3. The van der Waals surface area contributed by atoms with Gasteiger partial charge in [-0.3, -0.25) is 4.79 Å². The number of oxime groups is 1. The minimum absolute atomic E-state index is 0.126. The summed E-state index contributed by atoms with van der Waals surface area (Å²) in [5.41, 5.74) is 4.40. The maximum Gasteiger partial charge on any atom is 0.233 e. The SMILES string of the molecule is CCN(CC(C)(C)O)C(=O)C(C)C(N)=NO. The number of nitrogens with zero attached hydrogens (tertiary/aromatic N) is 2. The molecule has 0 aromatic carbocycles. The lowest BCUT2D eigenvalue weighted by molar-refractivity contribution is -0.135. The first kappa shape index (κ1) is 14.7.